The van der Waals surface area contributed by atoms with Crippen molar-refractivity contribution < 1.29 is 17.9 Å². The van der Waals surface area contributed by atoms with Gasteiger partial charge in [-0.05, 0) is 54.8 Å². The third kappa shape index (κ3) is 6.92. The predicted molar refractivity (Wildman–Crippen MR) is 113 cm³/mol. The molecule has 1 amide bonds. The van der Waals surface area contributed by atoms with Crippen molar-refractivity contribution >= 4 is 31.9 Å². The molecule has 1 atom stereocenters. The van der Waals surface area contributed by atoms with E-state index in [2.05, 4.69) is 26.0 Å². The van der Waals surface area contributed by atoms with Crippen LogP contribution in [0.15, 0.2) is 57.9 Å². The highest BCUT2D eigenvalue weighted by atomic mass is 79.9. The molecule has 152 valence electrons. The highest BCUT2D eigenvalue weighted by Crippen LogP contribution is 2.18. The van der Waals surface area contributed by atoms with Gasteiger partial charge in [-0.3, -0.25) is 4.79 Å². The molecule has 0 saturated carbocycles. The van der Waals surface area contributed by atoms with Crippen molar-refractivity contribution in [3.63, 3.8) is 0 Å². The Labute approximate surface area is 174 Å². The molecule has 2 aromatic rings. The van der Waals surface area contributed by atoms with Crippen LogP contribution in [0.2, 0.25) is 0 Å². The fraction of sp³-hybridized carbons (Fsp3) is 0.350. The Balaban J connectivity index is 1.88. The van der Waals surface area contributed by atoms with Crippen molar-refractivity contribution in [1.82, 2.24) is 10.0 Å². The van der Waals surface area contributed by atoms with Crippen LogP contribution >= 0.6 is 15.9 Å². The number of nitrogens with one attached hydrogen (secondary N) is 2. The van der Waals surface area contributed by atoms with Crippen LogP contribution in [-0.4, -0.2) is 27.5 Å². The number of rotatable bonds is 9. The maximum absolute atomic E-state index is 12.2. The van der Waals surface area contributed by atoms with Crippen LogP contribution in [0.1, 0.15) is 32.4 Å². The summed E-state index contributed by atoms with van der Waals surface area (Å²) >= 11 is 3.41. The number of ether oxygens (including phenoxy) is 1. The summed E-state index contributed by atoms with van der Waals surface area (Å²) in [7, 11) is -3.54. The van der Waals surface area contributed by atoms with Crippen LogP contribution in [0, 0.1) is 5.92 Å². The summed E-state index contributed by atoms with van der Waals surface area (Å²) in [6.07, 6.45) is 0. The lowest BCUT2D eigenvalue weighted by Gasteiger charge is -2.15. The Morgan fingerprint density at radius 1 is 1.11 bits per heavy atom. The summed E-state index contributed by atoms with van der Waals surface area (Å²) in [6, 6.07) is 13.5. The Morgan fingerprint density at radius 3 is 2.39 bits per heavy atom. The minimum Gasteiger partial charge on any atom is -0.484 e. The van der Waals surface area contributed by atoms with Crippen LogP contribution in [-0.2, 0) is 14.8 Å². The molecule has 0 fully saturated rings. The molecule has 0 unspecified atom stereocenters. The lowest BCUT2D eigenvalue weighted by atomic mass is 10.1. The fourth-order valence-corrected chi connectivity index (χ4v) is 4.00. The van der Waals surface area contributed by atoms with E-state index < -0.39 is 10.0 Å². The molecule has 0 aliphatic rings. The van der Waals surface area contributed by atoms with E-state index in [1.807, 2.05) is 45.0 Å². The minimum absolute atomic E-state index is 0.157. The predicted octanol–water partition coefficient (Wildman–Crippen LogP) is 3.64. The monoisotopic (exact) mass is 468 g/mol. The summed E-state index contributed by atoms with van der Waals surface area (Å²) in [5, 5.41) is 2.87. The van der Waals surface area contributed by atoms with Crippen LogP contribution < -0.4 is 14.8 Å². The fourth-order valence-electron chi connectivity index (χ4n) is 2.37. The van der Waals surface area contributed by atoms with Crippen LogP contribution in [0.4, 0.5) is 0 Å². The minimum atomic E-state index is -3.54. The molecule has 0 aliphatic heterocycles. The first-order valence-corrected chi connectivity index (χ1v) is 11.2. The maximum Gasteiger partial charge on any atom is 0.258 e. The smallest absolute Gasteiger partial charge is 0.258 e. The molecule has 0 spiro atoms. The molecule has 0 saturated heterocycles. The highest BCUT2D eigenvalue weighted by molar-refractivity contribution is 9.10. The van der Waals surface area contributed by atoms with Crippen LogP contribution in [0.5, 0.6) is 5.75 Å². The molecule has 0 bridgehead atoms. The van der Waals surface area contributed by atoms with Gasteiger partial charge in [-0.2, -0.15) is 0 Å². The second kappa shape index (κ2) is 10.0. The molecule has 0 aromatic heterocycles. The molecule has 2 aromatic carbocycles. The summed E-state index contributed by atoms with van der Waals surface area (Å²) < 4.78 is 33.3. The molecule has 2 N–H and O–H groups in total. The van der Waals surface area contributed by atoms with Crippen LogP contribution in [0.25, 0.3) is 0 Å². The molecule has 8 heteroatoms. The van der Waals surface area contributed by atoms with E-state index in [-0.39, 0.29) is 29.4 Å². The normalized spacial score (nSPS) is 12.6. The van der Waals surface area contributed by atoms with Gasteiger partial charge in [-0.1, -0.05) is 41.9 Å². The molecule has 6 nitrogen and oxygen atoms in total. The van der Waals surface area contributed by atoms with Gasteiger partial charge in [0.05, 0.1) is 10.9 Å². The largest absolute Gasteiger partial charge is 0.484 e. The average molecular weight is 469 g/mol. The maximum atomic E-state index is 12.2. The second-order valence-electron chi connectivity index (χ2n) is 6.85. The molecular formula is C20H25BrN2O4S. The summed E-state index contributed by atoms with van der Waals surface area (Å²) in [4.78, 5) is 12.3. The molecule has 2 rings (SSSR count). The van der Waals surface area contributed by atoms with Crippen LogP contribution in [0.3, 0.4) is 0 Å². The van der Waals surface area contributed by atoms with Crippen molar-refractivity contribution in [3.8, 4) is 5.75 Å². The van der Waals surface area contributed by atoms with Crippen molar-refractivity contribution in [2.75, 3.05) is 13.2 Å². The van der Waals surface area contributed by atoms with E-state index in [9.17, 15) is 13.2 Å². The molecular weight excluding hydrogens is 444 g/mol. The third-order valence-corrected chi connectivity index (χ3v) is 5.84. The van der Waals surface area contributed by atoms with E-state index in [0.717, 1.165) is 10.0 Å². The van der Waals surface area contributed by atoms with Crippen molar-refractivity contribution in [3.05, 3.63) is 58.6 Å². The van der Waals surface area contributed by atoms with Gasteiger partial charge in [-0.25, -0.2) is 13.1 Å². The van der Waals surface area contributed by atoms with Gasteiger partial charge < -0.3 is 10.1 Å². The lowest BCUT2D eigenvalue weighted by molar-refractivity contribution is -0.123. The number of carbonyl (C=O) groups is 1. The molecule has 0 heterocycles. The SMILES string of the molecule is CC(C)CNS(=O)(=O)c1ccc(OCC(=O)N[C@@H](C)c2cccc(Br)c2)cc1. The average Bonchev–Trinajstić information content (AvgIpc) is 2.65. The molecule has 0 radical (unpaired) electrons. The Hall–Kier alpha value is -1.90. The van der Waals surface area contributed by atoms with Gasteiger partial charge in [0.2, 0.25) is 10.0 Å². The van der Waals surface area contributed by atoms with E-state index in [1.165, 1.54) is 24.3 Å². The topological polar surface area (TPSA) is 84.5 Å². The van der Waals surface area contributed by atoms with Gasteiger partial charge in [0, 0.05) is 11.0 Å². The quantitative estimate of drug-likeness (QED) is 0.588. The second-order valence-corrected chi connectivity index (χ2v) is 9.53. The summed E-state index contributed by atoms with van der Waals surface area (Å²) in [6.45, 7) is 5.97. The number of sulfonamides is 1. The number of amides is 1. The van der Waals surface area contributed by atoms with Crippen molar-refractivity contribution in [2.45, 2.75) is 31.7 Å². The standard InChI is InChI=1S/C20H25BrN2O4S/c1-14(2)12-22-28(25,26)19-9-7-18(8-10-19)27-13-20(24)23-15(3)16-5-4-6-17(21)11-16/h4-11,14-15,22H,12-13H2,1-3H3,(H,23,24)/t15-/m0/s1. The van der Waals surface area contributed by atoms with Crippen molar-refractivity contribution in [2.24, 2.45) is 5.92 Å². The summed E-state index contributed by atoms with van der Waals surface area (Å²) in [5.74, 6) is 0.381. The Bertz CT molecular complexity index is 899. The van der Waals surface area contributed by atoms with E-state index in [0.29, 0.717) is 12.3 Å². The Kier molecular flexibility index (Phi) is 8.03. The zero-order valence-corrected chi connectivity index (χ0v) is 18.5. The highest BCUT2D eigenvalue weighted by Gasteiger charge is 2.15. The van der Waals surface area contributed by atoms with Crippen molar-refractivity contribution in [1.29, 1.82) is 0 Å². The first kappa shape index (κ1) is 22.4. The lowest BCUT2D eigenvalue weighted by Crippen LogP contribution is -2.31. The first-order chi connectivity index (χ1) is 13.2. The molecule has 0 aliphatic carbocycles. The van der Waals surface area contributed by atoms with Gasteiger partial charge in [0.1, 0.15) is 5.75 Å². The van der Waals surface area contributed by atoms with E-state index in [1.54, 1.807) is 0 Å². The summed E-state index contributed by atoms with van der Waals surface area (Å²) in [5.41, 5.74) is 0.978. The Morgan fingerprint density at radius 2 is 1.79 bits per heavy atom. The van der Waals surface area contributed by atoms with Gasteiger partial charge in [0.25, 0.3) is 5.91 Å². The number of benzene rings is 2. The van der Waals surface area contributed by atoms with Gasteiger partial charge in [-0.15, -0.1) is 0 Å². The first-order valence-electron chi connectivity index (χ1n) is 8.94. The van der Waals surface area contributed by atoms with Gasteiger partial charge in [0.15, 0.2) is 6.61 Å². The number of hydrogen-bond acceptors (Lipinski definition) is 4. The van der Waals surface area contributed by atoms with E-state index >= 15 is 0 Å². The molecule has 28 heavy (non-hydrogen) atoms. The number of carbonyl (C=O) groups excluding carboxylic acids is 1. The van der Waals surface area contributed by atoms with Gasteiger partial charge >= 0.3 is 0 Å². The zero-order valence-electron chi connectivity index (χ0n) is 16.1. The van der Waals surface area contributed by atoms with E-state index in [4.69, 9.17) is 4.74 Å². The third-order valence-electron chi connectivity index (χ3n) is 3.91. The zero-order chi connectivity index (χ0) is 20.7. The number of hydrogen-bond donors (Lipinski definition) is 2. The number of halogens is 1.